The van der Waals surface area contributed by atoms with Crippen molar-refractivity contribution in [3.8, 4) is 5.75 Å². The Kier molecular flexibility index (Phi) is 6.19. The first-order valence-corrected chi connectivity index (χ1v) is 10.6. The second-order valence-electron chi connectivity index (χ2n) is 5.95. The molecular weight excluding hydrogens is 438 g/mol. The molecule has 0 radical (unpaired) electrons. The fraction of sp³-hybridized carbons (Fsp3) is 0.250. The van der Waals surface area contributed by atoms with Gasteiger partial charge in [0.1, 0.15) is 37.2 Å². The Morgan fingerprint density at radius 2 is 2.10 bits per heavy atom. The number of carbonyl (C=O) groups is 2. The number of oxime groups is 1. The van der Waals surface area contributed by atoms with Gasteiger partial charge in [-0.2, -0.15) is 8.42 Å². The van der Waals surface area contributed by atoms with Gasteiger partial charge in [-0.3, -0.25) is 14.1 Å². The Hall–Kier alpha value is -3.23. The maximum atomic E-state index is 12.6. The average molecular weight is 455 g/mol. The molecule has 1 aromatic heterocycles. The number of hydrogen-bond donors (Lipinski definition) is 3. The van der Waals surface area contributed by atoms with Gasteiger partial charge >= 0.3 is 10.3 Å². The van der Waals surface area contributed by atoms with Crippen LogP contribution in [0.15, 0.2) is 40.9 Å². The third-order valence-corrected chi connectivity index (χ3v) is 5.65. The van der Waals surface area contributed by atoms with Crippen LogP contribution in [-0.2, 0) is 24.7 Å². The van der Waals surface area contributed by atoms with Gasteiger partial charge in [-0.1, -0.05) is 23.4 Å². The van der Waals surface area contributed by atoms with Crippen LogP contribution in [0.4, 0.5) is 5.13 Å². The van der Waals surface area contributed by atoms with E-state index in [0.717, 1.165) is 11.3 Å². The molecule has 2 atom stereocenters. The molecule has 1 aromatic carbocycles. The zero-order valence-electron chi connectivity index (χ0n) is 15.5. The van der Waals surface area contributed by atoms with Crippen LogP contribution in [0.25, 0.3) is 0 Å². The Morgan fingerprint density at radius 1 is 1.40 bits per heavy atom. The molecule has 160 valence electrons. The molecule has 2 aromatic rings. The van der Waals surface area contributed by atoms with Gasteiger partial charge < -0.3 is 20.6 Å². The number of nitrogens with one attached hydrogen (secondary N) is 1. The van der Waals surface area contributed by atoms with E-state index in [1.54, 1.807) is 30.3 Å². The summed E-state index contributed by atoms with van der Waals surface area (Å²) in [5.74, 6) is -1.46. The number of amides is 2. The van der Waals surface area contributed by atoms with Gasteiger partial charge in [0, 0.05) is 5.38 Å². The van der Waals surface area contributed by atoms with Crippen LogP contribution in [0.5, 0.6) is 5.75 Å². The summed E-state index contributed by atoms with van der Waals surface area (Å²) in [4.78, 5) is 33.5. The predicted molar refractivity (Wildman–Crippen MR) is 106 cm³/mol. The number of β-lactam (4-membered cyclic amide) rings is 1. The summed E-state index contributed by atoms with van der Waals surface area (Å²) in [6.07, 6.45) is 0. The smallest absolute Gasteiger partial charge is 0.362 e. The maximum absolute atomic E-state index is 12.6. The third kappa shape index (κ3) is 4.50. The van der Waals surface area contributed by atoms with Crippen LogP contribution >= 0.6 is 11.3 Å². The number of hydrogen-bond acceptors (Lipinski definition) is 10. The van der Waals surface area contributed by atoms with Gasteiger partial charge in [0.05, 0.1) is 0 Å². The van der Waals surface area contributed by atoms with Crippen molar-refractivity contribution in [3.63, 3.8) is 0 Å². The van der Waals surface area contributed by atoms with Crippen molar-refractivity contribution in [3.05, 3.63) is 41.4 Å². The van der Waals surface area contributed by atoms with Crippen molar-refractivity contribution in [2.75, 3.05) is 19.5 Å². The van der Waals surface area contributed by atoms with Crippen LogP contribution in [0.2, 0.25) is 0 Å². The highest BCUT2D eigenvalue weighted by molar-refractivity contribution is 7.84. The summed E-state index contributed by atoms with van der Waals surface area (Å²) in [6.45, 7) is -0.305. The number of para-hydroxylation sites is 1. The molecule has 2 amide bonds. The van der Waals surface area contributed by atoms with Gasteiger partial charge in [0.2, 0.25) is 0 Å². The molecule has 1 fully saturated rings. The minimum Gasteiger partial charge on any atom is -0.491 e. The van der Waals surface area contributed by atoms with E-state index in [1.165, 1.54) is 12.5 Å². The van der Waals surface area contributed by atoms with Crippen molar-refractivity contribution in [1.29, 1.82) is 0 Å². The molecule has 0 unspecified atom stereocenters. The molecule has 4 N–H and O–H groups in total. The molecule has 1 aliphatic heterocycles. The molecule has 0 bridgehead atoms. The number of nitrogen functional groups attached to an aromatic ring is 1. The molecule has 1 saturated heterocycles. The van der Waals surface area contributed by atoms with Crippen molar-refractivity contribution in [2.45, 2.75) is 12.1 Å². The standard InChI is InChI=1S/C16H17N5O7S2/c1-27-20-12(10-8-29-16(17)18-10)14(22)19-13-11(21(15(13)23)30(24,25)26)7-28-9-5-3-2-4-6-9/h2-6,8,11,13H,7H2,1H3,(H2,17,18)(H,19,22)(H,24,25,26)/t11-,13+/m0/s1. The molecule has 30 heavy (non-hydrogen) atoms. The molecule has 0 aliphatic carbocycles. The lowest BCUT2D eigenvalue weighted by atomic mass is 9.99. The van der Waals surface area contributed by atoms with E-state index in [1.807, 2.05) is 0 Å². The zero-order chi connectivity index (χ0) is 21.9. The Bertz CT molecular complexity index is 1070. The largest absolute Gasteiger partial charge is 0.491 e. The number of thiazole rings is 1. The van der Waals surface area contributed by atoms with E-state index in [4.69, 9.17) is 10.5 Å². The molecule has 14 heteroatoms. The minimum atomic E-state index is -4.85. The van der Waals surface area contributed by atoms with Crippen molar-refractivity contribution in [1.82, 2.24) is 14.6 Å². The van der Waals surface area contributed by atoms with Crippen LogP contribution in [0.1, 0.15) is 5.69 Å². The molecule has 2 heterocycles. The fourth-order valence-electron chi connectivity index (χ4n) is 2.73. The molecule has 3 rings (SSSR count). The summed E-state index contributed by atoms with van der Waals surface area (Å²) in [5, 5.41) is 7.63. The lowest BCUT2D eigenvalue weighted by molar-refractivity contribution is -0.146. The summed E-state index contributed by atoms with van der Waals surface area (Å²) in [5.41, 5.74) is 5.42. The highest BCUT2D eigenvalue weighted by Gasteiger charge is 2.54. The SMILES string of the molecule is CON=C(C(=O)N[C@H]1C(=O)N(S(=O)(=O)O)[C@H]1COc1ccccc1)c1csc(N)n1. The summed E-state index contributed by atoms with van der Waals surface area (Å²) < 4.78 is 38.2. The normalized spacial score (nSPS) is 19.2. The monoisotopic (exact) mass is 455 g/mol. The van der Waals surface area contributed by atoms with Crippen LogP contribution in [0.3, 0.4) is 0 Å². The fourth-order valence-corrected chi connectivity index (χ4v) is 4.14. The number of carbonyl (C=O) groups excluding carboxylic acids is 2. The van der Waals surface area contributed by atoms with E-state index < -0.39 is 34.2 Å². The number of aromatic nitrogens is 1. The Labute approximate surface area is 175 Å². The average Bonchev–Trinajstić information content (AvgIpc) is 3.12. The predicted octanol–water partition coefficient (Wildman–Crippen LogP) is -0.347. The van der Waals surface area contributed by atoms with E-state index in [-0.39, 0.29) is 27.4 Å². The van der Waals surface area contributed by atoms with Crippen molar-refractivity contribution in [2.24, 2.45) is 5.16 Å². The van der Waals surface area contributed by atoms with Gasteiger partial charge in [0.15, 0.2) is 10.8 Å². The van der Waals surface area contributed by atoms with E-state index in [0.29, 0.717) is 5.75 Å². The molecular formula is C16H17N5O7S2. The second kappa shape index (κ2) is 8.64. The topological polar surface area (TPSA) is 174 Å². The van der Waals surface area contributed by atoms with E-state index in [9.17, 15) is 22.6 Å². The van der Waals surface area contributed by atoms with Crippen molar-refractivity contribution >= 4 is 44.3 Å². The lowest BCUT2D eigenvalue weighted by Gasteiger charge is -2.43. The molecule has 0 spiro atoms. The number of rotatable bonds is 8. The third-order valence-electron chi connectivity index (χ3n) is 4.03. The first-order chi connectivity index (χ1) is 14.2. The number of nitrogens with zero attached hydrogens (tertiary/aromatic N) is 3. The Balaban J connectivity index is 1.78. The van der Waals surface area contributed by atoms with Gasteiger partial charge in [-0.05, 0) is 12.1 Å². The first kappa shape index (κ1) is 21.5. The molecule has 12 nitrogen and oxygen atoms in total. The van der Waals surface area contributed by atoms with E-state index in [2.05, 4.69) is 20.3 Å². The molecule has 1 aliphatic rings. The Morgan fingerprint density at radius 3 is 2.67 bits per heavy atom. The quantitative estimate of drug-likeness (QED) is 0.208. The van der Waals surface area contributed by atoms with Crippen LogP contribution in [-0.4, -0.2) is 65.6 Å². The summed E-state index contributed by atoms with van der Waals surface area (Å²) in [7, 11) is -3.63. The summed E-state index contributed by atoms with van der Waals surface area (Å²) >= 11 is 1.07. The maximum Gasteiger partial charge on any atom is 0.362 e. The number of anilines is 1. The zero-order valence-corrected chi connectivity index (χ0v) is 17.1. The summed E-state index contributed by atoms with van der Waals surface area (Å²) in [6, 6.07) is 5.95. The molecule has 0 saturated carbocycles. The van der Waals surface area contributed by atoms with Gasteiger partial charge in [-0.15, -0.1) is 11.3 Å². The first-order valence-electron chi connectivity index (χ1n) is 8.34. The number of ether oxygens (including phenoxy) is 1. The van der Waals surface area contributed by atoms with Crippen molar-refractivity contribution < 1.29 is 32.1 Å². The minimum absolute atomic E-state index is 0.118. The number of nitrogens with two attached hydrogens (primary N) is 1. The van der Waals surface area contributed by atoms with Crippen LogP contribution < -0.4 is 15.8 Å². The lowest BCUT2D eigenvalue weighted by Crippen LogP contribution is -2.73. The van der Waals surface area contributed by atoms with Gasteiger partial charge in [-0.25, -0.2) is 9.29 Å². The highest BCUT2D eigenvalue weighted by Crippen LogP contribution is 2.25. The van der Waals surface area contributed by atoms with Crippen LogP contribution in [0, 0.1) is 0 Å². The highest BCUT2D eigenvalue weighted by atomic mass is 32.2. The second-order valence-corrected chi connectivity index (χ2v) is 8.13. The van der Waals surface area contributed by atoms with Gasteiger partial charge in [0.25, 0.3) is 11.8 Å². The number of benzene rings is 1. The van der Waals surface area contributed by atoms with E-state index >= 15 is 0 Å².